The smallest absolute Gasteiger partial charge is 0.271 e. The Balaban J connectivity index is 2.20. The molecule has 0 amide bonds. The summed E-state index contributed by atoms with van der Waals surface area (Å²) in [5.41, 5.74) is 0.649. The molecular weight excluding hydrogens is 351 g/mol. The first kappa shape index (κ1) is 14.7. The molecule has 7 heteroatoms. The predicted octanol–water partition coefficient (Wildman–Crippen LogP) is 4.76. The highest BCUT2D eigenvalue weighted by Gasteiger charge is 2.11. The molecule has 0 bridgehead atoms. The molecule has 0 aliphatic rings. The normalized spacial score (nSPS) is 10.3. The fourth-order valence-electron chi connectivity index (χ4n) is 1.63. The van der Waals surface area contributed by atoms with Crippen LogP contribution in [0.25, 0.3) is 0 Å². The van der Waals surface area contributed by atoms with Crippen LogP contribution < -0.4 is 5.32 Å². The third-order valence-corrected chi connectivity index (χ3v) is 3.50. The Kier molecular flexibility index (Phi) is 4.57. The van der Waals surface area contributed by atoms with Gasteiger partial charge in [-0.15, -0.1) is 0 Å². The molecule has 104 valence electrons. The van der Waals surface area contributed by atoms with E-state index in [1.165, 1.54) is 0 Å². The van der Waals surface area contributed by atoms with E-state index in [1.807, 2.05) is 0 Å². The minimum absolute atomic E-state index is 0.0650. The van der Waals surface area contributed by atoms with E-state index >= 15 is 0 Å². The number of nitrogens with zero attached hydrogens (tertiary/aromatic N) is 1. The second-order valence-electron chi connectivity index (χ2n) is 4.01. The number of hydrogen-bond acceptors (Lipinski definition) is 3. The van der Waals surface area contributed by atoms with Crippen LogP contribution in [0.2, 0.25) is 5.02 Å². The SMILES string of the molecule is O=[N+]([O-])c1ccc(F)c(NCc2cc(Br)ccc2Cl)c1. The van der Waals surface area contributed by atoms with Gasteiger partial charge >= 0.3 is 0 Å². The van der Waals surface area contributed by atoms with Gasteiger partial charge < -0.3 is 5.32 Å². The summed E-state index contributed by atoms with van der Waals surface area (Å²) >= 11 is 9.34. The summed E-state index contributed by atoms with van der Waals surface area (Å²) < 4.78 is 14.4. The highest BCUT2D eigenvalue weighted by atomic mass is 79.9. The van der Waals surface area contributed by atoms with E-state index < -0.39 is 10.7 Å². The maximum absolute atomic E-state index is 13.6. The predicted molar refractivity (Wildman–Crippen MR) is 79.5 cm³/mol. The quantitative estimate of drug-likeness (QED) is 0.632. The maximum Gasteiger partial charge on any atom is 0.271 e. The lowest BCUT2D eigenvalue weighted by atomic mass is 10.2. The number of hydrogen-bond donors (Lipinski definition) is 1. The first-order valence-electron chi connectivity index (χ1n) is 5.59. The molecule has 0 atom stereocenters. The molecule has 0 saturated carbocycles. The Morgan fingerprint density at radius 3 is 2.75 bits per heavy atom. The molecule has 0 aromatic heterocycles. The van der Waals surface area contributed by atoms with E-state index in [1.54, 1.807) is 18.2 Å². The Hall–Kier alpha value is -1.66. The summed E-state index contributed by atoms with van der Waals surface area (Å²) in [5, 5.41) is 14.0. The maximum atomic E-state index is 13.6. The zero-order valence-corrected chi connectivity index (χ0v) is 12.4. The van der Waals surface area contributed by atoms with Gasteiger partial charge in [-0.1, -0.05) is 27.5 Å². The molecule has 0 heterocycles. The van der Waals surface area contributed by atoms with Gasteiger partial charge in [0.05, 0.1) is 10.6 Å². The van der Waals surface area contributed by atoms with Crippen molar-refractivity contribution < 1.29 is 9.31 Å². The van der Waals surface area contributed by atoms with Crippen molar-refractivity contribution in [3.8, 4) is 0 Å². The van der Waals surface area contributed by atoms with E-state index in [4.69, 9.17) is 11.6 Å². The van der Waals surface area contributed by atoms with Crippen LogP contribution in [0, 0.1) is 15.9 Å². The lowest BCUT2D eigenvalue weighted by Crippen LogP contribution is -2.03. The molecule has 4 nitrogen and oxygen atoms in total. The molecule has 20 heavy (non-hydrogen) atoms. The van der Waals surface area contributed by atoms with Crippen molar-refractivity contribution in [2.75, 3.05) is 5.32 Å². The standard InChI is InChI=1S/C13H9BrClFN2O2/c14-9-1-3-11(15)8(5-9)7-17-13-6-10(18(19)20)2-4-12(13)16/h1-6,17H,7H2. The minimum Gasteiger partial charge on any atom is -0.378 e. The van der Waals surface area contributed by atoms with Crippen LogP contribution in [0.1, 0.15) is 5.56 Å². The van der Waals surface area contributed by atoms with Crippen LogP contribution in [0.5, 0.6) is 0 Å². The highest BCUT2D eigenvalue weighted by molar-refractivity contribution is 9.10. The minimum atomic E-state index is -0.573. The number of anilines is 1. The third kappa shape index (κ3) is 3.46. The van der Waals surface area contributed by atoms with Gasteiger partial charge in [-0.25, -0.2) is 4.39 Å². The number of benzene rings is 2. The Morgan fingerprint density at radius 1 is 1.30 bits per heavy atom. The first-order valence-corrected chi connectivity index (χ1v) is 6.76. The first-order chi connectivity index (χ1) is 9.47. The summed E-state index contributed by atoms with van der Waals surface area (Å²) in [7, 11) is 0. The van der Waals surface area contributed by atoms with Crippen molar-refractivity contribution in [3.05, 3.63) is 67.4 Å². The van der Waals surface area contributed by atoms with E-state index in [2.05, 4.69) is 21.2 Å². The fraction of sp³-hybridized carbons (Fsp3) is 0.0769. The Bertz CT molecular complexity index is 667. The number of nitro groups is 1. The van der Waals surface area contributed by atoms with Gasteiger partial charge in [0.2, 0.25) is 0 Å². The van der Waals surface area contributed by atoms with Gasteiger partial charge in [0.25, 0.3) is 5.69 Å². The van der Waals surface area contributed by atoms with Gasteiger partial charge in [-0.2, -0.15) is 0 Å². The van der Waals surface area contributed by atoms with Crippen molar-refractivity contribution in [3.63, 3.8) is 0 Å². The molecule has 0 unspecified atom stereocenters. The molecular formula is C13H9BrClFN2O2. The average Bonchev–Trinajstić information content (AvgIpc) is 2.41. The summed E-state index contributed by atoms with van der Waals surface area (Å²) in [4.78, 5) is 10.1. The number of nitrogens with one attached hydrogen (secondary N) is 1. The second kappa shape index (κ2) is 6.19. The van der Waals surface area contributed by atoms with Crippen molar-refractivity contribution in [2.24, 2.45) is 0 Å². The molecule has 2 rings (SSSR count). The number of nitro benzene ring substituents is 1. The molecule has 0 fully saturated rings. The van der Waals surface area contributed by atoms with Gasteiger partial charge in [0.15, 0.2) is 0 Å². The van der Waals surface area contributed by atoms with Crippen molar-refractivity contribution in [2.45, 2.75) is 6.54 Å². The van der Waals surface area contributed by atoms with Crippen LogP contribution in [-0.2, 0) is 6.54 Å². The van der Waals surface area contributed by atoms with Crippen LogP contribution >= 0.6 is 27.5 Å². The summed E-state index contributed by atoms with van der Waals surface area (Å²) in [6.45, 7) is 0.260. The molecule has 2 aromatic carbocycles. The van der Waals surface area contributed by atoms with Gasteiger partial charge in [0, 0.05) is 28.2 Å². The molecule has 0 aliphatic carbocycles. The summed E-state index contributed by atoms with van der Waals surface area (Å²) in [6.07, 6.45) is 0. The number of halogens is 3. The lowest BCUT2D eigenvalue weighted by Gasteiger charge is -2.09. The average molecular weight is 360 g/mol. The number of rotatable bonds is 4. The molecule has 0 aliphatic heterocycles. The Morgan fingerprint density at radius 2 is 2.05 bits per heavy atom. The lowest BCUT2D eigenvalue weighted by molar-refractivity contribution is -0.384. The van der Waals surface area contributed by atoms with Crippen molar-refractivity contribution >= 4 is 38.9 Å². The van der Waals surface area contributed by atoms with E-state index in [0.29, 0.717) is 5.02 Å². The molecule has 2 aromatic rings. The largest absolute Gasteiger partial charge is 0.378 e. The van der Waals surface area contributed by atoms with Crippen LogP contribution in [0.3, 0.4) is 0 Å². The van der Waals surface area contributed by atoms with Crippen LogP contribution in [0.15, 0.2) is 40.9 Å². The van der Waals surface area contributed by atoms with Crippen molar-refractivity contribution in [1.29, 1.82) is 0 Å². The van der Waals surface area contributed by atoms with E-state index in [-0.39, 0.29) is 17.9 Å². The highest BCUT2D eigenvalue weighted by Crippen LogP contribution is 2.25. The van der Waals surface area contributed by atoms with Gasteiger partial charge in [-0.05, 0) is 29.8 Å². The molecule has 0 spiro atoms. The summed E-state index contributed by atoms with van der Waals surface area (Å²) in [6, 6.07) is 8.63. The molecule has 1 N–H and O–H groups in total. The molecule has 0 radical (unpaired) electrons. The fourth-order valence-corrected chi connectivity index (χ4v) is 2.22. The zero-order chi connectivity index (χ0) is 14.7. The monoisotopic (exact) mass is 358 g/mol. The van der Waals surface area contributed by atoms with E-state index in [9.17, 15) is 14.5 Å². The second-order valence-corrected chi connectivity index (χ2v) is 5.33. The van der Waals surface area contributed by atoms with Crippen LogP contribution in [0.4, 0.5) is 15.8 Å². The van der Waals surface area contributed by atoms with Gasteiger partial charge in [-0.3, -0.25) is 10.1 Å². The topological polar surface area (TPSA) is 55.2 Å². The van der Waals surface area contributed by atoms with Gasteiger partial charge in [0.1, 0.15) is 5.82 Å². The number of non-ortho nitro benzene ring substituents is 1. The molecule has 0 saturated heterocycles. The third-order valence-electron chi connectivity index (χ3n) is 2.64. The Labute approximate surface area is 127 Å². The zero-order valence-electron chi connectivity index (χ0n) is 10.1. The van der Waals surface area contributed by atoms with E-state index in [0.717, 1.165) is 28.2 Å². The van der Waals surface area contributed by atoms with Crippen LogP contribution in [-0.4, -0.2) is 4.92 Å². The summed E-state index contributed by atoms with van der Waals surface area (Å²) in [5.74, 6) is -0.554. The van der Waals surface area contributed by atoms with Crippen molar-refractivity contribution in [1.82, 2.24) is 0 Å².